The van der Waals surface area contributed by atoms with Crippen LogP contribution in [0.1, 0.15) is 0 Å². The number of hydrogen-bond acceptors (Lipinski definition) is 4. The summed E-state index contributed by atoms with van der Waals surface area (Å²) in [7, 11) is 0. The molecule has 2 aromatic carbocycles. The van der Waals surface area contributed by atoms with Gasteiger partial charge in [-0.2, -0.15) is 0 Å². The van der Waals surface area contributed by atoms with Crippen LogP contribution in [-0.2, 0) is 9.53 Å². The maximum atomic E-state index is 12.0. The smallest absolute Gasteiger partial charge is 0.262 e. The highest BCUT2D eigenvalue weighted by Gasteiger charge is 2.15. The minimum atomic E-state index is -0.238. The Morgan fingerprint density at radius 1 is 1.20 bits per heavy atom. The van der Waals surface area contributed by atoms with Gasteiger partial charge in [-0.15, -0.1) is 0 Å². The van der Waals surface area contributed by atoms with Gasteiger partial charge in [0.15, 0.2) is 6.61 Å². The second-order valence-corrected chi connectivity index (χ2v) is 6.88. The molecule has 3 rings (SSSR count). The number of morpholine rings is 1. The van der Waals surface area contributed by atoms with E-state index in [1.807, 2.05) is 24.3 Å². The highest BCUT2D eigenvalue weighted by atomic mass is 79.9. The molecule has 0 radical (unpaired) electrons. The van der Waals surface area contributed by atoms with Crippen molar-refractivity contribution in [3.8, 4) is 5.75 Å². The van der Waals surface area contributed by atoms with Crippen molar-refractivity contribution in [3.63, 3.8) is 0 Å². The molecule has 0 spiro atoms. The molecular formula is C18H18BrClN2O3. The normalized spacial score (nSPS) is 14.2. The molecule has 25 heavy (non-hydrogen) atoms. The first-order valence-electron chi connectivity index (χ1n) is 7.92. The number of carbonyl (C=O) groups is 1. The Hall–Kier alpha value is -1.76. The molecule has 1 N–H and O–H groups in total. The van der Waals surface area contributed by atoms with E-state index in [0.29, 0.717) is 29.7 Å². The van der Waals surface area contributed by atoms with Crippen molar-refractivity contribution in [2.45, 2.75) is 0 Å². The fourth-order valence-electron chi connectivity index (χ4n) is 2.52. The summed E-state index contributed by atoms with van der Waals surface area (Å²) in [6, 6.07) is 12.8. The van der Waals surface area contributed by atoms with Crippen molar-refractivity contribution in [1.82, 2.24) is 0 Å². The predicted octanol–water partition coefficient (Wildman–Crippen LogP) is 3.96. The molecule has 0 unspecified atom stereocenters. The average molecular weight is 426 g/mol. The SMILES string of the molecule is O=C(COc1ccc(Br)cc1)Nc1ccc(N2CCOCC2)c(Cl)c1. The zero-order valence-corrected chi connectivity index (χ0v) is 15.8. The van der Waals surface area contributed by atoms with Crippen LogP contribution in [0.4, 0.5) is 11.4 Å². The van der Waals surface area contributed by atoms with Crippen molar-refractivity contribution in [2.24, 2.45) is 0 Å². The average Bonchev–Trinajstić information content (AvgIpc) is 2.62. The Bertz CT molecular complexity index is 734. The second kappa shape index (κ2) is 8.56. The van der Waals surface area contributed by atoms with Gasteiger partial charge in [-0.05, 0) is 42.5 Å². The molecule has 1 aliphatic heterocycles. The third-order valence-electron chi connectivity index (χ3n) is 3.77. The van der Waals surface area contributed by atoms with Crippen LogP contribution in [0.15, 0.2) is 46.9 Å². The van der Waals surface area contributed by atoms with E-state index in [0.717, 1.165) is 23.2 Å². The Morgan fingerprint density at radius 3 is 2.60 bits per heavy atom. The number of rotatable bonds is 5. The molecule has 1 amide bonds. The van der Waals surface area contributed by atoms with E-state index in [1.54, 1.807) is 18.2 Å². The minimum Gasteiger partial charge on any atom is -0.484 e. The summed E-state index contributed by atoms with van der Waals surface area (Å²) < 4.78 is 11.8. The molecule has 0 aliphatic carbocycles. The van der Waals surface area contributed by atoms with Gasteiger partial charge >= 0.3 is 0 Å². The fourth-order valence-corrected chi connectivity index (χ4v) is 3.09. The van der Waals surface area contributed by atoms with E-state index in [1.165, 1.54) is 0 Å². The number of benzene rings is 2. The molecule has 1 fully saturated rings. The largest absolute Gasteiger partial charge is 0.484 e. The van der Waals surface area contributed by atoms with E-state index in [-0.39, 0.29) is 12.5 Å². The van der Waals surface area contributed by atoms with Crippen LogP contribution in [-0.4, -0.2) is 38.8 Å². The number of hydrogen-bond donors (Lipinski definition) is 1. The molecule has 132 valence electrons. The van der Waals surface area contributed by atoms with Crippen LogP contribution in [0.2, 0.25) is 5.02 Å². The zero-order valence-electron chi connectivity index (χ0n) is 13.5. The van der Waals surface area contributed by atoms with Gasteiger partial charge in [0.2, 0.25) is 0 Å². The number of nitrogens with zero attached hydrogens (tertiary/aromatic N) is 1. The molecular weight excluding hydrogens is 408 g/mol. The first-order chi connectivity index (χ1) is 12.1. The van der Waals surface area contributed by atoms with Gasteiger partial charge in [0.05, 0.1) is 23.9 Å². The van der Waals surface area contributed by atoms with Crippen LogP contribution in [0.3, 0.4) is 0 Å². The van der Waals surface area contributed by atoms with Gasteiger partial charge in [0, 0.05) is 23.2 Å². The lowest BCUT2D eigenvalue weighted by Gasteiger charge is -2.29. The summed E-state index contributed by atoms with van der Waals surface area (Å²) >= 11 is 9.72. The monoisotopic (exact) mass is 424 g/mol. The Kier molecular flexibility index (Phi) is 6.18. The van der Waals surface area contributed by atoms with Crippen LogP contribution < -0.4 is 15.0 Å². The minimum absolute atomic E-state index is 0.0650. The summed E-state index contributed by atoms with van der Waals surface area (Å²) in [5.74, 6) is 0.400. The lowest BCUT2D eigenvalue weighted by Crippen LogP contribution is -2.36. The number of nitrogens with one attached hydrogen (secondary N) is 1. The first-order valence-corrected chi connectivity index (χ1v) is 9.09. The van der Waals surface area contributed by atoms with Crippen LogP contribution in [0.5, 0.6) is 5.75 Å². The summed E-state index contributed by atoms with van der Waals surface area (Å²) in [5.41, 5.74) is 1.60. The van der Waals surface area contributed by atoms with E-state index in [9.17, 15) is 4.79 Å². The number of halogens is 2. The van der Waals surface area contributed by atoms with Crippen LogP contribution in [0, 0.1) is 0 Å². The Balaban J connectivity index is 1.55. The summed E-state index contributed by atoms with van der Waals surface area (Å²) in [6.45, 7) is 2.95. The molecule has 0 saturated carbocycles. The topological polar surface area (TPSA) is 50.8 Å². The lowest BCUT2D eigenvalue weighted by molar-refractivity contribution is -0.118. The van der Waals surface area contributed by atoms with Crippen molar-refractivity contribution in [3.05, 3.63) is 52.0 Å². The highest BCUT2D eigenvalue weighted by Crippen LogP contribution is 2.29. The van der Waals surface area contributed by atoms with Gasteiger partial charge in [-0.1, -0.05) is 27.5 Å². The van der Waals surface area contributed by atoms with Crippen LogP contribution in [0.25, 0.3) is 0 Å². The van der Waals surface area contributed by atoms with E-state index in [4.69, 9.17) is 21.1 Å². The van der Waals surface area contributed by atoms with E-state index < -0.39 is 0 Å². The molecule has 1 heterocycles. The Morgan fingerprint density at radius 2 is 1.92 bits per heavy atom. The molecule has 0 bridgehead atoms. The number of carbonyl (C=O) groups excluding carboxylic acids is 1. The Labute approximate surface area is 160 Å². The number of ether oxygens (including phenoxy) is 2. The quantitative estimate of drug-likeness (QED) is 0.788. The molecule has 5 nitrogen and oxygen atoms in total. The summed E-state index contributed by atoms with van der Waals surface area (Å²) in [6.07, 6.45) is 0. The fraction of sp³-hybridized carbons (Fsp3) is 0.278. The van der Waals surface area contributed by atoms with Gasteiger partial charge < -0.3 is 19.7 Å². The van der Waals surface area contributed by atoms with Gasteiger partial charge in [-0.25, -0.2) is 0 Å². The van der Waals surface area contributed by atoms with E-state index in [2.05, 4.69) is 26.1 Å². The molecule has 0 atom stereocenters. The standard InChI is InChI=1S/C18H18BrClN2O3/c19-13-1-4-15(5-2-13)25-12-18(23)21-14-3-6-17(16(20)11-14)22-7-9-24-10-8-22/h1-6,11H,7-10,12H2,(H,21,23). The summed E-state index contributed by atoms with van der Waals surface area (Å²) in [5, 5.41) is 3.40. The number of anilines is 2. The molecule has 1 aliphatic rings. The second-order valence-electron chi connectivity index (χ2n) is 5.56. The van der Waals surface area contributed by atoms with Crippen molar-refractivity contribution in [1.29, 1.82) is 0 Å². The number of amides is 1. The lowest BCUT2D eigenvalue weighted by atomic mass is 10.2. The summed E-state index contributed by atoms with van der Waals surface area (Å²) in [4.78, 5) is 14.2. The first kappa shape index (κ1) is 18.0. The zero-order chi connectivity index (χ0) is 17.6. The van der Waals surface area contributed by atoms with Gasteiger partial charge in [0.1, 0.15) is 5.75 Å². The molecule has 7 heteroatoms. The molecule has 1 saturated heterocycles. The highest BCUT2D eigenvalue weighted by molar-refractivity contribution is 9.10. The van der Waals surface area contributed by atoms with E-state index >= 15 is 0 Å². The maximum Gasteiger partial charge on any atom is 0.262 e. The predicted molar refractivity (Wildman–Crippen MR) is 103 cm³/mol. The maximum absolute atomic E-state index is 12.0. The molecule has 0 aromatic heterocycles. The van der Waals surface area contributed by atoms with Crippen LogP contribution >= 0.6 is 27.5 Å². The molecule has 2 aromatic rings. The van der Waals surface area contributed by atoms with Crippen molar-refractivity contribution >= 4 is 44.8 Å². The van der Waals surface area contributed by atoms with Gasteiger partial charge in [0.25, 0.3) is 5.91 Å². The third kappa shape index (κ3) is 5.11. The van der Waals surface area contributed by atoms with Crippen molar-refractivity contribution in [2.75, 3.05) is 43.1 Å². The van der Waals surface area contributed by atoms with Crippen molar-refractivity contribution < 1.29 is 14.3 Å². The van der Waals surface area contributed by atoms with Gasteiger partial charge in [-0.3, -0.25) is 4.79 Å². The third-order valence-corrected chi connectivity index (χ3v) is 4.60.